The smallest absolute Gasteiger partial charge is 0.252 e. The van der Waals surface area contributed by atoms with Crippen LogP contribution in [0.25, 0.3) is 10.9 Å². The van der Waals surface area contributed by atoms with Crippen LogP contribution in [0, 0.1) is 6.92 Å². The van der Waals surface area contributed by atoms with Crippen LogP contribution < -0.4 is 11.1 Å². The third-order valence-corrected chi connectivity index (χ3v) is 3.37. The number of pyridine rings is 1. The van der Waals surface area contributed by atoms with Crippen LogP contribution in [0.2, 0.25) is 0 Å². The summed E-state index contributed by atoms with van der Waals surface area (Å²) in [5, 5.41) is 3.72. The molecule has 0 fully saturated rings. The van der Waals surface area contributed by atoms with Crippen molar-refractivity contribution in [2.45, 2.75) is 19.9 Å². The standard InChI is InChI=1S/C14H16BrN3O.2ClH/c1-8-5-12(14(19)18-9(2)7-16)11-4-3-10(15)6-13(11)17-8;;/h3-6,9H,7,16H2,1-2H3,(H,18,19);2*1H/t9-;;/m0../s1. The van der Waals surface area contributed by atoms with E-state index in [-0.39, 0.29) is 36.8 Å². The van der Waals surface area contributed by atoms with Gasteiger partial charge in [-0.25, -0.2) is 0 Å². The van der Waals surface area contributed by atoms with Gasteiger partial charge in [0, 0.05) is 28.1 Å². The van der Waals surface area contributed by atoms with Crippen molar-refractivity contribution in [1.29, 1.82) is 0 Å². The molecule has 1 aromatic carbocycles. The fourth-order valence-corrected chi connectivity index (χ4v) is 2.23. The molecule has 2 rings (SSSR count). The van der Waals surface area contributed by atoms with Crippen molar-refractivity contribution < 1.29 is 4.79 Å². The molecule has 1 heterocycles. The fourth-order valence-electron chi connectivity index (χ4n) is 1.88. The molecule has 0 unspecified atom stereocenters. The first-order valence-electron chi connectivity index (χ1n) is 6.09. The molecule has 3 N–H and O–H groups in total. The van der Waals surface area contributed by atoms with Gasteiger partial charge < -0.3 is 11.1 Å². The Morgan fingerprint density at radius 3 is 2.67 bits per heavy atom. The highest BCUT2D eigenvalue weighted by atomic mass is 79.9. The number of benzene rings is 1. The Bertz CT molecular complexity index is 632. The first-order chi connectivity index (χ1) is 9.01. The summed E-state index contributed by atoms with van der Waals surface area (Å²) >= 11 is 3.41. The average Bonchev–Trinajstić information content (AvgIpc) is 2.36. The van der Waals surface area contributed by atoms with E-state index in [9.17, 15) is 4.79 Å². The van der Waals surface area contributed by atoms with Crippen LogP contribution >= 0.6 is 40.7 Å². The number of nitrogens with zero attached hydrogens (tertiary/aromatic N) is 1. The lowest BCUT2D eigenvalue weighted by atomic mass is 10.1. The second-order valence-electron chi connectivity index (χ2n) is 4.58. The minimum Gasteiger partial charge on any atom is -0.348 e. The molecule has 0 aliphatic heterocycles. The molecule has 2 aromatic rings. The van der Waals surface area contributed by atoms with E-state index in [1.165, 1.54) is 0 Å². The van der Waals surface area contributed by atoms with E-state index in [2.05, 4.69) is 26.2 Å². The maximum absolute atomic E-state index is 12.3. The van der Waals surface area contributed by atoms with E-state index in [0.717, 1.165) is 21.1 Å². The highest BCUT2D eigenvalue weighted by molar-refractivity contribution is 9.10. The first kappa shape index (κ1) is 20.1. The fraction of sp³-hybridized carbons (Fsp3) is 0.286. The minimum absolute atomic E-state index is 0. The summed E-state index contributed by atoms with van der Waals surface area (Å²) in [6.45, 7) is 4.17. The van der Waals surface area contributed by atoms with Crippen molar-refractivity contribution in [1.82, 2.24) is 10.3 Å². The van der Waals surface area contributed by atoms with Gasteiger partial charge in [-0.3, -0.25) is 9.78 Å². The van der Waals surface area contributed by atoms with Gasteiger partial charge in [0.1, 0.15) is 0 Å². The van der Waals surface area contributed by atoms with Gasteiger partial charge >= 0.3 is 0 Å². The Kier molecular flexibility index (Phi) is 8.18. The number of carbonyl (C=O) groups is 1. The number of halogens is 3. The Hall–Kier alpha value is -0.880. The number of hydrogen-bond acceptors (Lipinski definition) is 3. The van der Waals surface area contributed by atoms with Crippen LogP contribution in [-0.4, -0.2) is 23.5 Å². The molecule has 1 atom stereocenters. The monoisotopic (exact) mass is 393 g/mol. The van der Waals surface area contributed by atoms with E-state index >= 15 is 0 Å². The number of aromatic nitrogens is 1. The molecule has 0 radical (unpaired) electrons. The lowest BCUT2D eigenvalue weighted by Crippen LogP contribution is -2.37. The van der Waals surface area contributed by atoms with Gasteiger partial charge in [-0.1, -0.05) is 22.0 Å². The van der Waals surface area contributed by atoms with Crippen molar-refractivity contribution in [3.05, 3.63) is 40.0 Å². The van der Waals surface area contributed by atoms with Crippen LogP contribution in [0.1, 0.15) is 23.0 Å². The number of rotatable bonds is 3. The van der Waals surface area contributed by atoms with Crippen molar-refractivity contribution in [3.63, 3.8) is 0 Å². The SMILES string of the molecule is Cc1cc(C(=O)N[C@@H](C)CN)c2ccc(Br)cc2n1.Cl.Cl. The molecular weight excluding hydrogens is 377 g/mol. The number of nitrogens with two attached hydrogens (primary N) is 1. The number of nitrogens with one attached hydrogen (secondary N) is 1. The molecule has 1 aromatic heterocycles. The van der Waals surface area contributed by atoms with E-state index in [1.54, 1.807) is 6.07 Å². The minimum atomic E-state index is -0.115. The second-order valence-corrected chi connectivity index (χ2v) is 5.50. The zero-order chi connectivity index (χ0) is 14.0. The number of amides is 1. The van der Waals surface area contributed by atoms with Crippen molar-refractivity contribution in [2.75, 3.05) is 6.54 Å². The van der Waals surface area contributed by atoms with Gasteiger partial charge in [0.15, 0.2) is 0 Å². The lowest BCUT2D eigenvalue weighted by Gasteiger charge is -2.13. The molecular formula is C14H18BrCl2N3O. The van der Waals surface area contributed by atoms with Crippen molar-refractivity contribution in [3.8, 4) is 0 Å². The Morgan fingerprint density at radius 1 is 1.38 bits per heavy atom. The van der Waals surface area contributed by atoms with Crippen molar-refractivity contribution in [2.24, 2.45) is 5.73 Å². The summed E-state index contributed by atoms with van der Waals surface area (Å²) in [5.41, 5.74) is 7.78. The third-order valence-electron chi connectivity index (χ3n) is 2.88. The predicted molar refractivity (Wildman–Crippen MR) is 94.7 cm³/mol. The number of fused-ring (bicyclic) bond motifs is 1. The first-order valence-corrected chi connectivity index (χ1v) is 6.88. The topological polar surface area (TPSA) is 68.0 Å². The van der Waals surface area contributed by atoms with Crippen LogP contribution in [0.3, 0.4) is 0 Å². The Morgan fingerprint density at radius 2 is 2.05 bits per heavy atom. The highest BCUT2D eigenvalue weighted by Crippen LogP contribution is 2.22. The lowest BCUT2D eigenvalue weighted by molar-refractivity contribution is 0.0943. The molecule has 116 valence electrons. The largest absolute Gasteiger partial charge is 0.348 e. The Labute approximate surface area is 144 Å². The maximum atomic E-state index is 12.3. The van der Waals surface area contributed by atoms with Crippen LogP contribution in [0.5, 0.6) is 0 Å². The van der Waals surface area contributed by atoms with E-state index in [0.29, 0.717) is 12.1 Å². The van der Waals surface area contributed by atoms with Gasteiger partial charge in [0.05, 0.1) is 11.1 Å². The number of carbonyl (C=O) groups excluding carboxylic acids is 1. The van der Waals surface area contributed by atoms with Gasteiger partial charge in [-0.2, -0.15) is 0 Å². The summed E-state index contributed by atoms with van der Waals surface area (Å²) in [4.78, 5) is 16.7. The van der Waals surface area contributed by atoms with Crippen LogP contribution in [-0.2, 0) is 0 Å². The highest BCUT2D eigenvalue weighted by Gasteiger charge is 2.13. The molecule has 0 saturated carbocycles. The molecule has 0 saturated heterocycles. The van der Waals surface area contributed by atoms with Crippen molar-refractivity contribution >= 4 is 57.6 Å². The predicted octanol–water partition coefficient (Wildman–Crippen LogP) is 3.23. The van der Waals surface area contributed by atoms with Gasteiger partial charge in [0.25, 0.3) is 5.91 Å². The van der Waals surface area contributed by atoms with E-state index < -0.39 is 0 Å². The molecule has 21 heavy (non-hydrogen) atoms. The van der Waals surface area contributed by atoms with Crippen LogP contribution in [0.4, 0.5) is 0 Å². The number of hydrogen-bond donors (Lipinski definition) is 2. The summed E-state index contributed by atoms with van der Waals surface area (Å²) < 4.78 is 0.944. The number of aryl methyl sites for hydroxylation is 1. The molecule has 0 aliphatic carbocycles. The summed E-state index contributed by atoms with van der Waals surface area (Å²) in [6, 6.07) is 7.46. The van der Waals surface area contributed by atoms with E-state index in [1.807, 2.05) is 32.0 Å². The molecule has 4 nitrogen and oxygen atoms in total. The molecule has 1 amide bonds. The third kappa shape index (κ3) is 4.81. The summed E-state index contributed by atoms with van der Waals surface area (Å²) in [7, 11) is 0. The van der Waals surface area contributed by atoms with Gasteiger partial charge in [-0.05, 0) is 32.0 Å². The average molecular weight is 395 g/mol. The normalized spacial score (nSPS) is 11.2. The molecule has 7 heteroatoms. The summed E-state index contributed by atoms with van der Waals surface area (Å²) in [6.07, 6.45) is 0. The van der Waals surface area contributed by atoms with Gasteiger partial charge in [-0.15, -0.1) is 24.8 Å². The van der Waals surface area contributed by atoms with E-state index in [4.69, 9.17) is 5.73 Å². The molecule has 0 bridgehead atoms. The summed E-state index contributed by atoms with van der Waals surface area (Å²) in [5.74, 6) is -0.115. The zero-order valence-electron chi connectivity index (χ0n) is 11.7. The van der Waals surface area contributed by atoms with Gasteiger partial charge in [0.2, 0.25) is 0 Å². The zero-order valence-corrected chi connectivity index (χ0v) is 14.9. The quantitative estimate of drug-likeness (QED) is 0.839. The van der Waals surface area contributed by atoms with Crippen LogP contribution in [0.15, 0.2) is 28.7 Å². The molecule has 0 aliphatic rings. The maximum Gasteiger partial charge on any atom is 0.252 e. The second kappa shape index (κ2) is 8.54. The Balaban J connectivity index is 0.00000200. The molecule has 0 spiro atoms.